The minimum atomic E-state index is -0.548. The molecular formula is C28H35N3O3. The molecule has 180 valence electrons. The van der Waals surface area contributed by atoms with Crippen LogP contribution in [0.15, 0.2) is 60.7 Å². The number of piperidine rings is 1. The first-order valence-corrected chi connectivity index (χ1v) is 12.5. The van der Waals surface area contributed by atoms with Gasteiger partial charge in [-0.25, -0.2) is 4.79 Å². The van der Waals surface area contributed by atoms with Crippen LogP contribution >= 0.6 is 0 Å². The third kappa shape index (κ3) is 4.83. The van der Waals surface area contributed by atoms with Crippen LogP contribution in [-0.2, 0) is 22.5 Å². The van der Waals surface area contributed by atoms with Gasteiger partial charge < -0.3 is 14.5 Å². The van der Waals surface area contributed by atoms with Crippen LogP contribution in [0.1, 0.15) is 37.3 Å². The van der Waals surface area contributed by atoms with Crippen molar-refractivity contribution >= 4 is 12.0 Å². The quantitative estimate of drug-likeness (QED) is 0.654. The number of ether oxygens (including phenoxy) is 1. The second-order valence-corrected chi connectivity index (χ2v) is 10.5. The summed E-state index contributed by atoms with van der Waals surface area (Å²) >= 11 is 0. The zero-order chi connectivity index (χ0) is 23.6. The average molecular weight is 462 g/mol. The summed E-state index contributed by atoms with van der Waals surface area (Å²) in [6.45, 7) is 7.32. The van der Waals surface area contributed by atoms with Crippen molar-refractivity contribution in [3.63, 3.8) is 0 Å². The number of benzene rings is 2. The molecule has 3 fully saturated rings. The van der Waals surface area contributed by atoms with E-state index >= 15 is 0 Å². The van der Waals surface area contributed by atoms with Gasteiger partial charge in [0, 0.05) is 31.5 Å². The van der Waals surface area contributed by atoms with E-state index in [2.05, 4.69) is 48.2 Å². The fourth-order valence-electron chi connectivity index (χ4n) is 5.65. The highest BCUT2D eigenvalue weighted by Gasteiger charge is 2.52. The van der Waals surface area contributed by atoms with E-state index < -0.39 is 5.60 Å². The number of nitrogens with zero attached hydrogens (tertiary/aromatic N) is 3. The molecule has 0 radical (unpaired) electrons. The summed E-state index contributed by atoms with van der Waals surface area (Å²) in [7, 11) is 0. The molecule has 3 heterocycles. The Hall–Kier alpha value is -2.86. The number of carbonyl (C=O) groups is 2. The van der Waals surface area contributed by atoms with E-state index in [-0.39, 0.29) is 17.4 Å². The monoisotopic (exact) mass is 461 g/mol. The third-order valence-corrected chi connectivity index (χ3v) is 7.88. The van der Waals surface area contributed by atoms with E-state index in [4.69, 9.17) is 4.74 Å². The van der Waals surface area contributed by atoms with Gasteiger partial charge in [0.05, 0.1) is 13.1 Å². The molecule has 6 heteroatoms. The van der Waals surface area contributed by atoms with Crippen LogP contribution in [0.4, 0.5) is 4.79 Å². The summed E-state index contributed by atoms with van der Waals surface area (Å²) in [5.74, 6) is 0.225. The lowest BCUT2D eigenvalue weighted by Gasteiger charge is -2.40. The first-order valence-electron chi connectivity index (χ1n) is 12.5. The molecule has 0 bridgehead atoms. The van der Waals surface area contributed by atoms with Crippen molar-refractivity contribution < 1.29 is 14.3 Å². The van der Waals surface area contributed by atoms with E-state index in [0.29, 0.717) is 26.2 Å². The van der Waals surface area contributed by atoms with E-state index in [1.165, 1.54) is 11.1 Å². The molecule has 1 atom stereocenters. The lowest BCUT2D eigenvalue weighted by Crippen LogP contribution is -2.49. The Labute approximate surface area is 202 Å². The van der Waals surface area contributed by atoms with Gasteiger partial charge in [-0.1, -0.05) is 67.6 Å². The summed E-state index contributed by atoms with van der Waals surface area (Å²) < 4.78 is 5.88. The van der Waals surface area contributed by atoms with Crippen LogP contribution < -0.4 is 0 Å². The Morgan fingerprint density at radius 1 is 0.882 bits per heavy atom. The van der Waals surface area contributed by atoms with Crippen LogP contribution in [0.3, 0.4) is 0 Å². The summed E-state index contributed by atoms with van der Waals surface area (Å²) in [5, 5.41) is 0. The Bertz CT molecular complexity index is 1000. The Morgan fingerprint density at radius 2 is 1.53 bits per heavy atom. The van der Waals surface area contributed by atoms with Crippen molar-refractivity contribution in [1.82, 2.24) is 14.7 Å². The minimum absolute atomic E-state index is 0.225. The van der Waals surface area contributed by atoms with Crippen molar-refractivity contribution in [3.05, 3.63) is 71.8 Å². The zero-order valence-corrected chi connectivity index (χ0v) is 20.1. The lowest BCUT2D eigenvalue weighted by molar-refractivity contribution is -0.143. The standard InChI is InChI=1S/C28H35N3O3/c1-27(13-17-29(18-14-27)20-24-10-6-3-7-11-24)25(32)30-19-15-28(21-30)22-31(26(33)34-28)16-12-23-8-4-2-5-9-23/h2-11H,12-22H2,1H3. The molecule has 2 amide bonds. The molecule has 3 aliphatic heterocycles. The molecule has 5 rings (SSSR count). The van der Waals surface area contributed by atoms with Crippen molar-refractivity contribution in [3.8, 4) is 0 Å². The SMILES string of the molecule is CC1(C(=O)N2CCC3(CN(CCc4ccccc4)C(=O)O3)C2)CCN(Cc2ccccc2)CC1. The summed E-state index contributed by atoms with van der Waals surface area (Å²) in [5.41, 5.74) is 1.65. The van der Waals surface area contributed by atoms with E-state index in [1.54, 1.807) is 0 Å². The minimum Gasteiger partial charge on any atom is -0.439 e. The van der Waals surface area contributed by atoms with Gasteiger partial charge in [0.15, 0.2) is 5.60 Å². The fourth-order valence-corrected chi connectivity index (χ4v) is 5.65. The van der Waals surface area contributed by atoms with Crippen molar-refractivity contribution in [1.29, 1.82) is 0 Å². The van der Waals surface area contributed by atoms with Crippen molar-refractivity contribution in [2.24, 2.45) is 5.41 Å². The van der Waals surface area contributed by atoms with Crippen LogP contribution in [0.2, 0.25) is 0 Å². The first-order chi connectivity index (χ1) is 16.4. The number of hydrogen-bond acceptors (Lipinski definition) is 4. The maximum absolute atomic E-state index is 13.6. The van der Waals surface area contributed by atoms with Crippen molar-refractivity contribution in [2.75, 3.05) is 39.3 Å². The molecule has 1 spiro atoms. The van der Waals surface area contributed by atoms with Crippen LogP contribution in [-0.4, -0.2) is 71.6 Å². The number of carbonyl (C=O) groups excluding carboxylic acids is 2. The second-order valence-electron chi connectivity index (χ2n) is 10.5. The van der Waals surface area contributed by atoms with Gasteiger partial charge in [0.25, 0.3) is 0 Å². The van der Waals surface area contributed by atoms with E-state index in [9.17, 15) is 9.59 Å². The average Bonchev–Trinajstić information content (AvgIpc) is 3.41. The van der Waals surface area contributed by atoms with Gasteiger partial charge >= 0.3 is 6.09 Å². The maximum atomic E-state index is 13.6. The topological polar surface area (TPSA) is 53.1 Å². The van der Waals surface area contributed by atoms with Gasteiger partial charge in [0.2, 0.25) is 5.91 Å². The molecule has 2 aromatic rings. The van der Waals surface area contributed by atoms with Gasteiger partial charge in [-0.15, -0.1) is 0 Å². The summed E-state index contributed by atoms with van der Waals surface area (Å²) in [4.78, 5) is 32.3. The predicted octanol–water partition coefficient (Wildman–Crippen LogP) is 3.95. The number of amides is 2. The maximum Gasteiger partial charge on any atom is 0.410 e. The summed E-state index contributed by atoms with van der Waals surface area (Å²) in [6.07, 6.45) is 3.02. The first kappa shape index (κ1) is 22.9. The Kier molecular flexibility index (Phi) is 6.34. The number of rotatable bonds is 6. The van der Waals surface area contributed by atoms with Crippen molar-refractivity contribution in [2.45, 2.75) is 44.8 Å². The Balaban J connectivity index is 1.14. The molecule has 0 saturated carbocycles. The van der Waals surface area contributed by atoms with Crippen LogP contribution in [0, 0.1) is 5.41 Å². The molecule has 6 nitrogen and oxygen atoms in total. The molecule has 3 saturated heterocycles. The van der Waals surface area contributed by atoms with Gasteiger partial charge in [-0.05, 0) is 43.5 Å². The van der Waals surface area contributed by atoms with E-state index in [1.807, 2.05) is 34.1 Å². The molecular weight excluding hydrogens is 426 g/mol. The predicted molar refractivity (Wildman–Crippen MR) is 131 cm³/mol. The highest BCUT2D eigenvalue weighted by atomic mass is 16.6. The summed E-state index contributed by atoms with van der Waals surface area (Å²) in [6, 6.07) is 20.7. The number of likely N-dealkylation sites (tertiary alicyclic amines) is 2. The van der Waals surface area contributed by atoms with E-state index in [0.717, 1.165) is 45.3 Å². The Morgan fingerprint density at radius 3 is 2.21 bits per heavy atom. The lowest BCUT2D eigenvalue weighted by atomic mass is 9.79. The molecule has 34 heavy (non-hydrogen) atoms. The van der Waals surface area contributed by atoms with Gasteiger partial charge in [-0.3, -0.25) is 9.69 Å². The highest BCUT2D eigenvalue weighted by molar-refractivity contribution is 5.83. The zero-order valence-electron chi connectivity index (χ0n) is 20.1. The van der Waals surface area contributed by atoms with Crippen LogP contribution in [0.5, 0.6) is 0 Å². The van der Waals surface area contributed by atoms with Gasteiger partial charge in [-0.2, -0.15) is 0 Å². The molecule has 1 unspecified atom stereocenters. The number of hydrogen-bond donors (Lipinski definition) is 0. The normalized spacial score (nSPS) is 24.6. The largest absolute Gasteiger partial charge is 0.439 e. The van der Waals surface area contributed by atoms with Gasteiger partial charge in [0.1, 0.15) is 0 Å². The molecule has 0 aromatic heterocycles. The highest BCUT2D eigenvalue weighted by Crippen LogP contribution is 2.38. The molecule has 0 N–H and O–H groups in total. The smallest absolute Gasteiger partial charge is 0.410 e. The second kappa shape index (κ2) is 9.41. The fraction of sp³-hybridized carbons (Fsp3) is 0.500. The molecule has 3 aliphatic rings. The molecule has 0 aliphatic carbocycles. The molecule has 2 aromatic carbocycles. The third-order valence-electron chi connectivity index (χ3n) is 7.88. The van der Waals surface area contributed by atoms with Crippen LogP contribution in [0.25, 0.3) is 0 Å².